The lowest BCUT2D eigenvalue weighted by atomic mass is 9.95. The van der Waals surface area contributed by atoms with Gasteiger partial charge in [-0.25, -0.2) is 0 Å². The third kappa shape index (κ3) is 10.0. The molecular formula is C15H30. The van der Waals surface area contributed by atoms with Crippen LogP contribution in [0.2, 0.25) is 0 Å². The van der Waals surface area contributed by atoms with Crippen LogP contribution >= 0.6 is 0 Å². The maximum absolute atomic E-state index is 3.94. The van der Waals surface area contributed by atoms with Crippen molar-refractivity contribution in [2.24, 2.45) is 5.92 Å². The summed E-state index contributed by atoms with van der Waals surface area (Å²) < 4.78 is 0. The molecule has 0 aliphatic rings. The zero-order chi connectivity index (χ0) is 11.4. The highest BCUT2D eigenvalue weighted by Crippen LogP contribution is 2.18. The molecule has 0 spiro atoms. The molecule has 0 aromatic heterocycles. The molecule has 0 heterocycles. The van der Waals surface area contributed by atoms with Gasteiger partial charge in [-0.2, -0.15) is 0 Å². The summed E-state index contributed by atoms with van der Waals surface area (Å²) in [4.78, 5) is 0. The smallest absolute Gasteiger partial charge is 0.0236 e. The Hall–Kier alpha value is -0.260. The van der Waals surface area contributed by atoms with Gasteiger partial charge in [0.2, 0.25) is 0 Å². The van der Waals surface area contributed by atoms with Gasteiger partial charge in [0.15, 0.2) is 0 Å². The summed E-state index contributed by atoms with van der Waals surface area (Å²) in [6.07, 6.45) is 16.1. The minimum Gasteiger partial charge on any atom is -0.103 e. The lowest BCUT2D eigenvalue weighted by Gasteiger charge is -2.11. The van der Waals surface area contributed by atoms with Crippen LogP contribution < -0.4 is 0 Å². The van der Waals surface area contributed by atoms with Crippen LogP contribution in [0.3, 0.4) is 0 Å². The molecule has 0 saturated heterocycles. The Morgan fingerprint density at radius 2 is 1.33 bits per heavy atom. The van der Waals surface area contributed by atoms with Crippen molar-refractivity contribution in [3.05, 3.63) is 12.7 Å². The van der Waals surface area contributed by atoms with Gasteiger partial charge in [-0.3, -0.25) is 0 Å². The highest BCUT2D eigenvalue weighted by molar-refractivity contribution is 4.78. The summed E-state index contributed by atoms with van der Waals surface area (Å²) in [5.74, 6) is 0.788. The summed E-state index contributed by atoms with van der Waals surface area (Å²) in [7, 11) is 0. The molecular weight excluding hydrogens is 180 g/mol. The van der Waals surface area contributed by atoms with Crippen LogP contribution in [0.1, 0.15) is 78.1 Å². The maximum atomic E-state index is 3.94. The SMILES string of the molecule is C=C[C@H](CCCC)CCCCCCCC. The van der Waals surface area contributed by atoms with Crippen LogP contribution in [-0.4, -0.2) is 0 Å². The monoisotopic (exact) mass is 210 g/mol. The van der Waals surface area contributed by atoms with E-state index in [1.165, 1.54) is 64.2 Å². The first-order chi connectivity index (χ1) is 7.35. The van der Waals surface area contributed by atoms with Crippen LogP contribution in [0.15, 0.2) is 12.7 Å². The predicted octanol–water partition coefficient (Wildman–Crippen LogP) is 5.73. The van der Waals surface area contributed by atoms with E-state index >= 15 is 0 Å². The number of rotatable bonds is 11. The molecule has 0 nitrogen and oxygen atoms in total. The number of unbranched alkanes of at least 4 members (excludes halogenated alkanes) is 6. The fraction of sp³-hybridized carbons (Fsp3) is 0.867. The third-order valence-electron chi connectivity index (χ3n) is 3.19. The van der Waals surface area contributed by atoms with Gasteiger partial charge in [-0.15, -0.1) is 6.58 Å². The molecule has 0 aromatic rings. The second kappa shape index (κ2) is 11.8. The Morgan fingerprint density at radius 1 is 0.800 bits per heavy atom. The quantitative estimate of drug-likeness (QED) is 0.302. The van der Waals surface area contributed by atoms with E-state index in [2.05, 4.69) is 26.5 Å². The van der Waals surface area contributed by atoms with E-state index in [-0.39, 0.29) is 0 Å². The maximum Gasteiger partial charge on any atom is -0.0236 e. The standard InChI is InChI=1S/C15H30/c1-4-7-9-10-11-12-14-15(6-3)13-8-5-2/h6,15H,3-5,7-14H2,1-2H3/t15-/m1/s1. The number of hydrogen-bond donors (Lipinski definition) is 0. The predicted molar refractivity (Wildman–Crippen MR) is 71.2 cm³/mol. The van der Waals surface area contributed by atoms with Crippen molar-refractivity contribution in [1.82, 2.24) is 0 Å². The minimum absolute atomic E-state index is 0.788. The van der Waals surface area contributed by atoms with Gasteiger partial charge in [-0.05, 0) is 18.8 Å². The topological polar surface area (TPSA) is 0 Å². The summed E-state index contributed by atoms with van der Waals surface area (Å²) in [6.45, 7) is 8.49. The van der Waals surface area contributed by atoms with Crippen LogP contribution in [-0.2, 0) is 0 Å². The first-order valence-electron chi connectivity index (χ1n) is 6.97. The zero-order valence-corrected chi connectivity index (χ0v) is 10.9. The Bertz CT molecular complexity index is 126. The molecule has 0 radical (unpaired) electrons. The number of allylic oxidation sites excluding steroid dienone is 1. The molecule has 0 N–H and O–H groups in total. The highest BCUT2D eigenvalue weighted by Gasteiger charge is 2.02. The number of hydrogen-bond acceptors (Lipinski definition) is 0. The van der Waals surface area contributed by atoms with Gasteiger partial charge < -0.3 is 0 Å². The van der Waals surface area contributed by atoms with Gasteiger partial charge >= 0.3 is 0 Å². The normalized spacial score (nSPS) is 12.7. The van der Waals surface area contributed by atoms with Crippen molar-refractivity contribution in [2.45, 2.75) is 78.1 Å². The van der Waals surface area contributed by atoms with Gasteiger partial charge in [0.25, 0.3) is 0 Å². The first-order valence-corrected chi connectivity index (χ1v) is 6.97. The van der Waals surface area contributed by atoms with E-state index in [0.29, 0.717) is 0 Å². The molecule has 1 atom stereocenters. The van der Waals surface area contributed by atoms with Crippen molar-refractivity contribution in [3.8, 4) is 0 Å². The summed E-state index contributed by atoms with van der Waals surface area (Å²) in [5, 5.41) is 0. The molecule has 0 rings (SSSR count). The average Bonchev–Trinajstić information content (AvgIpc) is 2.27. The molecule has 0 bridgehead atoms. The Balaban J connectivity index is 3.26. The van der Waals surface area contributed by atoms with E-state index in [9.17, 15) is 0 Å². The molecule has 0 heteroatoms. The van der Waals surface area contributed by atoms with Crippen molar-refractivity contribution in [2.75, 3.05) is 0 Å². The second-order valence-electron chi connectivity index (χ2n) is 4.69. The zero-order valence-electron chi connectivity index (χ0n) is 10.9. The molecule has 0 unspecified atom stereocenters. The lowest BCUT2D eigenvalue weighted by molar-refractivity contribution is 0.479. The fourth-order valence-electron chi connectivity index (χ4n) is 2.03. The van der Waals surface area contributed by atoms with Gasteiger partial charge in [0.1, 0.15) is 0 Å². The molecule has 0 aromatic carbocycles. The van der Waals surface area contributed by atoms with Gasteiger partial charge in [0.05, 0.1) is 0 Å². The molecule has 0 aliphatic carbocycles. The van der Waals surface area contributed by atoms with E-state index in [1.807, 2.05) is 0 Å². The Morgan fingerprint density at radius 3 is 1.93 bits per heavy atom. The summed E-state index contributed by atoms with van der Waals surface area (Å²) in [6, 6.07) is 0. The van der Waals surface area contributed by atoms with E-state index < -0.39 is 0 Å². The average molecular weight is 210 g/mol. The molecule has 15 heavy (non-hydrogen) atoms. The first kappa shape index (κ1) is 14.7. The summed E-state index contributed by atoms with van der Waals surface area (Å²) >= 11 is 0. The largest absolute Gasteiger partial charge is 0.103 e. The molecule has 0 aliphatic heterocycles. The van der Waals surface area contributed by atoms with Crippen LogP contribution in [0.4, 0.5) is 0 Å². The van der Waals surface area contributed by atoms with Crippen LogP contribution in [0.25, 0.3) is 0 Å². The van der Waals surface area contributed by atoms with Crippen molar-refractivity contribution in [3.63, 3.8) is 0 Å². The van der Waals surface area contributed by atoms with E-state index in [0.717, 1.165) is 5.92 Å². The Kier molecular flexibility index (Phi) is 11.6. The van der Waals surface area contributed by atoms with Crippen molar-refractivity contribution >= 4 is 0 Å². The lowest BCUT2D eigenvalue weighted by Crippen LogP contribution is -1.96. The van der Waals surface area contributed by atoms with Crippen LogP contribution in [0.5, 0.6) is 0 Å². The van der Waals surface area contributed by atoms with E-state index in [1.54, 1.807) is 0 Å². The third-order valence-corrected chi connectivity index (χ3v) is 3.19. The minimum atomic E-state index is 0.788. The van der Waals surface area contributed by atoms with Gasteiger partial charge in [-0.1, -0.05) is 71.3 Å². The second-order valence-corrected chi connectivity index (χ2v) is 4.69. The summed E-state index contributed by atoms with van der Waals surface area (Å²) in [5.41, 5.74) is 0. The fourth-order valence-corrected chi connectivity index (χ4v) is 2.03. The molecule has 90 valence electrons. The molecule has 0 saturated carbocycles. The molecule has 0 amide bonds. The highest BCUT2D eigenvalue weighted by atomic mass is 14.1. The van der Waals surface area contributed by atoms with Crippen molar-refractivity contribution < 1.29 is 0 Å². The van der Waals surface area contributed by atoms with Crippen molar-refractivity contribution in [1.29, 1.82) is 0 Å². The molecule has 0 fully saturated rings. The van der Waals surface area contributed by atoms with Gasteiger partial charge in [0, 0.05) is 0 Å². The Labute approximate surface area is 97.2 Å². The van der Waals surface area contributed by atoms with Crippen LogP contribution in [0, 0.1) is 5.92 Å². The van der Waals surface area contributed by atoms with E-state index in [4.69, 9.17) is 0 Å².